The first-order chi connectivity index (χ1) is 7.61. The van der Waals surface area contributed by atoms with Gasteiger partial charge in [0, 0.05) is 6.54 Å². The van der Waals surface area contributed by atoms with Gasteiger partial charge in [-0.1, -0.05) is 6.08 Å². The molecule has 0 aliphatic rings. The summed E-state index contributed by atoms with van der Waals surface area (Å²) in [6.07, 6.45) is 2.13. The summed E-state index contributed by atoms with van der Waals surface area (Å²) in [6, 6.07) is -0.603. The van der Waals surface area contributed by atoms with E-state index in [1.54, 1.807) is 6.08 Å². The Balaban J connectivity index is 3.49. The molecule has 0 aliphatic heterocycles. The molecule has 0 saturated carbocycles. The lowest BCUT2D eigenvalue weighted by atomic mass is 10.2. The monoisotopic (exact) mass is 246 g/mol. The topological polar surface area (TPSA) is 81.4 Å². The highest BCUT2D eigenvalue weighted by Crippen LogP contribution is 2.04. The van der Waals surface area contributed by atoms with Crippen molar-refractivity contribution in [2.75, 3.05) is 25.2 Å². The van der Waals surface area contributed by atoms with Gasteiger partial charge in [0.1, 0.15) is 6.04 Å². The van der Waals surface area contributed by atoms with Crippen molar-refractivity contribution in [3.63, 3.8) is 0 Å². The van der Waals surface area contributed by atoms with Crippen LogP contribution in [-0.4, -0.2) is 43.1 Å². The average Bonchev–Trinajstić information content (AvgIpc) is 2.30. The summed E-state index contributed by atoms with van der Waals surface area (Å²) in [5.74, 6) is 0.549. The van der Waals surface area contributed by atoms with Gasteiger partial charge in [-0.05, 0) is 12.2 Å². The standard InChI is InChI=1S/C10H18N2O3S/c1-3-5-12-9(13)7-16-6-4-8(11)10(14)15-2/h3,8H,1,4-7,11H2,2H3,(H,12,13). The predicted molar refractivity (Wildman–Crippen MR) is 65.1 cm³/mol. The fourth-order valence-corrected chi connectivity index (χ4v) is 1.73. The van der Waals surface area contributed by atoms with Crippen LogP contribution < -0.4 is 11.1 Å². The van der Waals surface area contributed by atoms with Crippen LogP contribution in [0.1, 0.15) is 6.42 Å². The van der Waals surface area contributed by atoms with Gasteiger partial charge in [-0.2, -0.15) is 11.8 Å². The SMILES string of the molecule is C=CCNC(=O)CSCCC(N)C(=O)OC. The number of hydrogen-bond donors (Lipinski definition) is 2. The molecule has 92 valence electrons. The molecule has 0 aromatic carbocycles. The largest absolute Gasteiger partial charge is 0.468 e. The van der Waals surface area contributed by atoms with Crippen molar-refractivity contribution < 1.29 is 14.3 Å². The fraction of sp³-hybridized carbons (Fsp3) is 0.600. The molecule has 0 aromatic heterocycles. The number of amides is 1. The van der Waals surface area contributed by atoms with Crippen LogP contribution in [-0.2, 0) is 14.3 Å². The van der Waals surface area contributed by atoms with Crippen LogP contribution >= 0.6 is 11.8 Å². The molecule has 0 saturated heterocycles. The molecule has 6 heteroatoms. The number of thioether (sulfide) groups is 1. The van der Waals surface area contributed by atoms with Crippen LogP contribution in [0.2, 0.25) is 0 Å². The molecular weight excluding hydrogens is 228 g/mol. The normalized spacial score (nSPS) is 11.6. The molecule has 0 fully saturated rings. The van der Waals surface area contributed by atoms with Gasteiger partial charge in [0.15, 0.2) is 0 Å². The number of rotatable bonds is 8. The molecule has 0 heterocycles. The number of methoxy groups -OCH3 is 1. The number of esters is 1. The molecule has 0 aromatic rings. The minimum Gasteiger partial charge on any atom is -0.468 e. The van der Waals surface area contributed by atoms with E-state index in [1.165, 1.54) is 18.9 Å². The number of carbonyl (C=O) groups excluding carboxylic acids is 2. The smallest absolute Gasteiger partial charge is 0.322 e. The zero-order chi connectivity index (χ0) is 12.4. The van der Waals surface area contributed by atoms with Crippen molar-refractivity contribution >= 4 is 23.6 Å². The van der Waals surface area contributed by atoms with Crippen molar-refractivity contribution in [2.24, 2.45) is 5.73 Å². The second-order valence-electron chi connectivity index (χ2n) is 3.06. The van der Waals surface area contributed by atoms with E-state index < -0.39 is 12.0 Å². The number of nitrogens with two attached hydrogens (primary N) is 1. The van der Waals surface area contributed by atoms with Crippen molar-refractivity contribution in [2.45, 2.75) is 12.5 Å². The molecule has 0 bridgehead atoms. The Morgan fingerprint density at radius 1 is 1.62 bits per heavy atom. The number of hydrogen-bond acceptors (Lipinski definition) is 5. The predicted octanol–water partition coefficient (Wildman–Crippen LogP) is -0.0878. The van der Waals surface area contributed by atoms with Gasteiger partial charge in [-0.3, -0.25) is 9.59 Å². The highest BCUT2D eigenvalue weighted by atomic mass is 32.2. The minimum atomic E-state index is -0.603. The Hall–Kier alpha value is -1.01. The first-order valence-corrected chi connectivity index (χ1v) is 6.06. The molecule has 3 N–H and O–H groups in total. The Morgan fingerprint density at radius 2 is 2.31 bits per heavy atom. The van der Waals surface area contributed by atoms with E-state index in [2.05, 4.69) is 16.6 Å². The van der Waals surface area contributed by atoms with E-state index in [9.17, 15) is 9.59 Å². The van der Waals surface area contributed by atoms with Crippen molar-refractivity contribution in [3.05, 3.63) is 12.7 Å². The zero-order valence-electron chi connectivity index (χ0n) is 9.40. The molecule has 5 nitrogen and oxygen atoms in total. The Bertz CT molecular complexity index is 246. The summed E-state index contributed by atoms with van der Waals surface area (Å²) in [6.45, 7) is 3.96. The molecule has 0 spiro atoms. The van der Waals surface area contributed by atoms with E-state index in [0.717, 1.165) is 0 Å². The molecule has 0 aliphatic carbocycles. The Kier molecular flexibility index (Phi) is 8.65. The summed E-state index contributed by atoms with van der Waals surface area (Å²) in [4.78, 5) is 22.1. The van der Waals surface area contributed by atoms with E-state index >= 15 is 0 Å². The van der Waals surface area contributed by atoms with E-state index in [-0.39, 0.29) is 5.91 Å². The van der Waals surface area contributed by atoms with E-state index in [0.29, 0.717) is 24.5 Å². The van der Waals surface area contributed by atoms with E-state index in [4.69, 9.17) is 5.73 Å². The lowest BCUT2D eigenvalue weighted by Crippen LogP contribution is -2.32. The lowest BCUT2D eigenvalue weighted by molar-refractivity contribution is -0.142. The van der Waals surface area contributed by atoms with Crippen molar-refractivity contribution in [1.29, 1.82) is 0 Å². The van der Waals surface area contributed by atoms with Gasteiger partial charge < -0.3 is 15.8 Å². The molecule has 1 amide bonds. The molecule has 0 rings (SSSR count). The molecule has 1 atom stereocenters. The quantitative estimate of drug-likeness (QED) is 0.355. The minimum absolute atomic E-state index is 0.0449. The average molecular weight is 246 g/mol. The molecule has 16 heavy (non-hydrogen) atoms. The third kappa shape index (κ3) is 7.30. The highest BCUT2D eigenvalue weighted by molar-refractivity contribution is 7.99. The summed E-state index contributed by atoms with van der Waals surface area (Å²) >= 11 is 1.43. The number of carbonyl (C=O) groups is 2. The molecular formula is C10H18N2O3S. The van der Waals surface area contributed by atoms with Gasteiger partial charge >= 0.3 is 5.97 Å². The Labute approximate surface area is 99.8 Å². The van der Waals surface area contributed by atoms with Crippen LogP contribution in [0.15, 0.2) is 12.7 Å². The summed E-state index contributed by atoms with van der Waals surface area (Å²) < 4.78 is 4.48. The van der Waals surface area contributed by atoms with Gasteiger partial charge in [-0.25, -0.2) is 0 Å². The maximum Gasteiger partial charge on any atom is 0.322 e. The maximum absolute atomic E-state index is 11.1. The van der Waals surface area contributed by atoms with Crippen molar-refractivity contribution in [1.82, 2.24) is 5.32 Å². The second kappa shape index (κ2) is 9.23. The third-order valence-corrected chi connectivity index (χ3v) is 2.74. The van der Waals surface area contributed by atoms with Crippen LogP contribution in [0.3, 0.4) is 0 Å². The van der Waals surface area contributed by atoms with Crippen LogP contribution in [0.4, 0.5) is 0 Å². The van der Waals surface area contributed by atoms with Crippen LogP contribution in [0.25, 0.3) is 0 Å². The van der Waals surface area contributed by atoms with Crippen LogP contribution in [0.5, 0.6) is 0 Å². The second-order valence-corrected chi connectivity index (χ2v) is 4.17. The van der Waals surface area contributed by atoms with Crippen LogP contribution in [0, 0.1) is 0 Å². The zero-order valence-corrected chi connectivity index (χ0v) is 10.2. The van der Waals surface area contributed by atoms with Gasteiger partial charge in [-0.15, -0.1) is 6.58 Å². The molecule has 1 unspecified atom stereocenters. The van der Waals surface area contributed by atoms with Crippen molar-refractivity contribution in [3.8, 4) is 0 Å². The van der Waals surface area contributed by atoms with Gasteiger partial charge in [0.05, 0.1) is 12.9 Å². The molecule has 0 radical (unpaired) electrons. The first kappa shape index (κ1) is 15.0. The van der Waals surface area contributed by atoms with E-state index in [1.807, 2.05) is 0 Å². The van der Waals surface area contributed by atoms with Gasteiger partial charge in [0.2, 0.25) is 5.91 Å². The number of nitrogens with one attached hydrogen (secondary N) is 1. The third-order valence-electron chi connectivity index (χ3n) is 1.75. The highest BCUT2D eigenvalue weighted by Gasteiger charge is 2.12. The summed E-state index contributed by atoms with van der Waals surface area (Å²) in [5, 5.41) is 2.65. The lowest BCUT2D eigenvalue weighted by Gasteiger charge is -2.08. The summed E-state index contributed by atoms with van der Waals surface area (Å²) in [5.41, 5.74) is 5.52. The summed E-state index contributed by atoms with van der Waals surface area (Å²) in [7, 11) is 1.30. The van der Waals surface area contributed by atoms with Gasteiger partial charge in [0.25, 0.3) is 0 Å². The first-order valence-electron chi connectivity index (χ1n) is 4.90. The number of ether oxygens (including phenoxy) is 1. The fourth-order valence-electron chi connectivity index (χ4n) is 0.881. The maximum atomic E-state index is 11.1. The Morgan fingerprint density at radius 3 is 2.88 bits per heavy atom.